The Morgan fingerprint density at radius 2 is 1.45 bits per heavy atom. The van der Waals surface area contributed by atoms with E-state index in [1.165, 1.54) is 114 Å². The Morgan fingerprint density at radius 1 is 0.774 bits per heavy atom. The molecule has 0 aromatic heterocycles. The molecule has 0 saturated heterocycles. The first-order chi connectivity index (χ1) is 15.0. The quantitative estimate of drug-likeness (QED) is 0.177. The van der Waals surface area contributed by atoms with Gasteiger partial charge in [0.2, 0.25) is 0 Å². The predicted molar refractivity (Wildman–Crippen MR) is 143 cm³/mol. The van der Waals surface area contributed by atoms with Crippen LogP contribution in [-0.2, 0) is 0 Å². The first-order valence-electron chi connectivity index (χ1n) is 14.2. The van der Waals surface area contributed by atoms with Crippen molar-refractivity contribution in [2.75, 3.05) is 0 Å². The van der Waals surface area contributed by atoms with Gasteiger partial charge in [0.15, 0.2) is 0 Å². The predicted octanol–water partition coefficient (Wildman–Crippen LogP) is 10.7. The van der Waals surface area contributed by atoms with E-state index < -0.39 is 0 Å². The molecule has 0 aliphatic carbocycles. The SMILES string of the molecule is CCCCCCC/C(N/C(=C/CCC(CCCC)CC(C)CC)CC)=C(\C)CCCC. The molecule has 0 aromatic rings. The summed E-state index contributed by atoms with van der Waals surface area (Å²) >= 11 is 0. The number of hydrogen-bond acceptors (Lipinski definition) is 1. The Morgan fingerprint density at radius 3 is 2.06 bits per heavy atom. The van der Waals surface area contributed by atoms with Gasteiger partial charge >= 0.3 is 0 Å². The van der Waals surface area contributed by atoms with Gasteiger partial charge in [-0.3, -0.25) is 0 Å². The van der Waals surface area contributed by atoms with Crippen molar-refractivity contribution >= 4 is 0 Å². The van der Waals surface area contributed by atoms with Crippen molar-refractivity contribution in [1.82, 2.24) is 5.32 Å². The molecule has 184 valence electrons. The van der Waals surface area contributed by atoms with Crippen molar-refractivity contribution in [3.63, 3.8) is 0 Å². The fourth-order valence-corrected chi connectivity index (χ4v) is 4.46. The molecule has 0 amide bonds. The lowest BCUT2D eigenvalue weighted by atomic mass is 9.87. The van der Waals surface area contributed by atoms with Crippen LogP contribution < -0.4 is 5.32 Å². The number of allylic oxidation sites excluding steroid dienone is 4. The maximum Gasteiger partial charge on any atom is 0.0137 e. The largest absolute Gasteiger partial charge is 0.363 e. The number of nitrogens with one attached hydrogen (secondary N) is 1. The van der Waals surface area contributed by atoms with Crippen LogP contribution in [-0.4, -0.2) is 0 Å². The van der Waals surface area contributed by atoms with E-state index in [1.807, 2.05) is 0 Å². The van der Waals surface area contributed by atoms with Crippen LogP contribution in [0.5, 0.6) is 0 Å². The Balaban J connectivity index is 4.94. The maximum absolute atomic E-state index is 3.91. The third kappa shape index (κ3) is 16.6. The van der Waals surface area contributed by atoms with Crippen LogP contribution in [0.1, 0.15) is 158 Å². The van der Waals surface area contributed by atoms with Crippen LogP contribution in [0.15, 0.2) is 23.0 Å². The molecule has 0 fully saturated rings. The van der Waals surface area contributed by atoms with E-state index in [0.29, 0.717) is 0 Å². The summed E-state index contributed by atoms with van der Waals surface area (Å²) in [5.41, 5.74) is 4.58. The van der Waals surface area contributed by atoms with Gasteiger partial charge in [-0.1, -0.05) is 111 Å². The minimum atomic E-state index is 0.873. The highest BCUT2D eigenvalue weighted by atomic mass is 14.9. The Labute approximate surface area is 197 Å². The van der Waals surface area contributed by atoms with Crippen LogP contribution in [0, 0.1) is 11.8 Å². The van der Waals surface area contributed by atoms with Gasteiger partial charge in [0.1, 0.15) is 0 Å². The van der Waals surface area contributed by atoms with Gasteiger partial charge in [0.05, 0.1) is 0 Å². The van der Waals surface area contributed by atoms with Crippen molar-refractivity contribution in [2.45, 2.75) is 158 Å². The summed E-state index contributed by atoms with van der Waals surface area (Å²) in [5, 5.41) is 3.91. The fourth-order valence-electron chi connectivity index (χ4n) is 4.46. The van der Waals surface area contributed by atoms with E-state index in [-0.39, 0.29) is 0 Å². The topological polar surface area (TPSA) is 12.0 Å². The molecule has 0 heterocycles. The summed E-state index contributed by atoms with van der Waals surface area (Å²) in [5.74, 6) is 1.78. The molecule has 0 aliphatic rings. The minimum Gasteiger partial charge on any atom is -0.363 e. The molecule has 0 aliphatic heterocycles. The molecule has 2 atom stereocenters. The van der Waals surface area contributed by atoms with Crippen LogP contribution in [0.2, 0.25) is 0 Å². The zero-order valence-corrected chi connectivity index (χ0v) is 22.8. The van der Waals surface area contributed by atoms with Gasteiger partial charge < -0.3 is 5.32 Å². The average Bonchev–Trinajstić information content (AvgIpc) is 2.78. The monoisotopic (exact) mass is 433 g/mol. The first-order valence-corrected chi connectivity index (χ1v) is 14.2. The molecule has 0 spiro atoms. The number of unbranched alkanes of at least 4 members (excludes halogenated alkanes) is 6. The molecule has 0 saturated carbocycles. The minimum absolute atomic E-state index is 0.873. The van der Waals surface area contributed by atoms with Crippen LogP contribution >= 0.6 is 0 Å². The second kappa shape index (κ2) is 21.1. The zero-order valence-electron chi connectivity index (χ0n) is 22.8. The average molecular weight is 434 g/mol. The Hall–Kier alpha value is -0.720. The fraction of sp³-hybridized carbons (Fsp3) is 0.867. The van der Waals surface area contributed by atoms with Crippen molar-refractivity contribution in [3.05, 3.63) is 23.0 Å². The van der Waals surface area contributed by atoms with Crippen LogP contribution in [0.25, 0.3) is 0 Å². The molecular weight excluding hydrogens is 374 g/mol. The molecule has 1 heteroatoms. The summed E-state index contributed by atoms with van der Waals surface area (Å²) in [6.07, 6.45) is 25.0. The summed E-state index contributed by atoms with van der Waals surface area (Å²) in [6.45, 7) is 16.4. The molecule has 31 heavy (non-hydrogen) atoms. The van der Waals surface area contributed by atoms with E-state index in [4.69, 9.17) is 0 Å². The van der Waals surface area contributed by atoms with Crippen molar-refractivity contribution in [3.8, 4) is 0 Å². The number of hydrogen-bond donors (Lipinski definition) is 1. The van der Waals surface area contributed by atoms with Crippen LogP contribution in [0.3, 0.4) is 0 Å². The highest BCUT2D eigenvalue weighted by Crippen LogP contribution is 2.25. The molecule has 0 rings (SSSR count). The lowest BCUT2D eigenvalue weighted by molar-refractivity contribution is 0.338. The molecular formula is C30H59N. The van der Waals surface area contributed by atoms with Gasteiger partial charge in [-0.05, 0) is 70.1 Å². The molecule has 2 unspecified atom stereocenters. The summed E-state index contributed by atoms with van der Waals surface area (Å²) in [4.78, 5) is 0. The van der Waals surface area contributed by atoms with Crippen LogP contribution in [0.4, 0.5) is 0 Å². The van der Waals surface area contributed by atoms with E-state index in [0.717, 1.165) is 18.3 Å². The second-order valence-corrected chi connectivity index (χ2v) is 10.1. The van der Waals surface area contributed by atoms with E-state index in [2.05, 4.69) is 59.9 Å². The first kappa shape index (κ1) is 30.3. The molecule has 1 N–H and O–H groups in total. The Kier molecular flexibility index (Phi) is 20.7. The summed E-state index contributed by atoms with van der Waals surface area (Å²) < 4.78 is 0. The highest BCUT2D eigenvalue weighted by Gasteiger charge is 2.12. The third-order valence-electron chi connectivity index (χ3n) is 7.01. The van der Waals surface area contributed by atoms with Gasteiger partial charge in [0, 0.05) is 11.4 Å². The zero-order chi connectivity index (χ0) is 23.3. The summed E-state index contributed by atoms with van der Waals surface area (Å²) in [6, 6.07) is 0. The van der Waals surface area contributed by atoms with Crippen molar-refractivity contribution in [2.24, 2.45) is 11.8 Å². The number of rotatable bonds is 21. The van der Waals surface area contributed by atoms with Gasteiger partial charge in [-0.25, -0.2) is 0 Å². The molecule has 0 bridgehead atoms. The lowest BCUT2D eigenvalue weighted by Gasteiger charge is -2.20. The summed E-state index contributed by atoms with van der Waals surface area (Å²) in [7, 11) is 0. The van der Waals surface area contributed by atoms with Crippen molar-refractivity contribution < 1.29 is 0 Å². The molecule has 0 radical (unpaired) electrons. The maximum atomic E-state index is 3.91. The van der Waals surface area contributed by atoms with E-state index >= 15 is 0 Å². The van der Waals surface area contributed by atoms with E-state index in [1.54, 1.807) is 5.57 Å². The van der Waals surface area contributed by atoms with Gasteiger partial charge in [-0.15, -0.1) is 0 Å². The normalized spacial score (nSPS) is 15.0. The van der Waals surface area contributed by atoms with Gasteiger partial charge in [-0.2, -0.15) is 0 Å². The second-order valence-electron chi connectivity index (χ2n) is 10.1. The lowest BCUT2D eigenvalue weighted by Crippen LogP contribution is -2.15. The Bertz CT molecular complexity index is 459. The third-order valence-corrected chi connectivity index (χ3v) is 7.01. The molecule has 0 aromatic carbocycles. The van der Waals surface area contributed by atoms with Crippen molar-refractivity contribution in [1.29, 1.82) is 0 Å². The van der Waals surface area contributed by atoms with E-state index in [9.17, 15) is 0 Å². The highest BCUT2D eigenvalue weighted by molar-refractivity contribution is 5.17. The smallest absolute Gasteiger partial charge is 0.0137 e. The van der Waals surface area contributed by atoms with Gasteiger partial charge in [0.25, 0.3) is 0 Å². The molecule has 1 nitrogen and oxygen atoms in total. The standard InChI is InChI=1S/C30H59N/c1-8-13-16-17-18-24-30(27(7)20-14-9-2)31-29(12-5)23-19-22-28(21-15-10-3)25-26(6)11-4/h23,26,28,31H,8-22,24-25H2,1-7H3/b29-23+,30-27-.